The van der Waals surface area contributed by atoms with E-state index in [4.69, 9.17) is 4.74 Å². The Morgan fingerprint density at radius 3 is 2.05 bits per heavy atom. The summed E-state index contributed by atoms with van der Waals surface area (Å²) in [4.78, 5) is 8.65. The Labute approximate surface area is 123 Å². The third-order valence-electron chi connectivity index (χ3n) is 2.71. The van der Waals surface area contributed by atoms with Crippen molar-refractivity contribution in [2.24, 2.45) is 10.9 Å². The lowest BCUT2D eigenvalue weighted by Gasteiger charge is -2.22. The van der Waals surface area contributed by atoms with Gasteiger partial charge in [-0.1, -0.05) is 26.0 Å². The van der Waals surface area contributed by atoms with E-state index in [2.05, 4.69) is 31.0 Å². The van der Waals surface area contributed by atoms with Crippen LogP contribution in [0.2, 0.25) is 0 Å². The van der Waals surface area contributed by atoms with Gasteiger partial charge in [-0.2, -0.15) is 0 Å². The number of benzene rings is 1. The van der Waals surface area contributed by atoms with Gasteiger partial charge in [-0.05, 0) is 23.6 Å². The summed E-state index contributed by atoms with van der Waals surface area (Å²) < 4.78 is 5.67. The Kier molecular flexibility index (Phi) is 6.36. The minimum atomic E-state index is 0.544. The van der Waals surface area contributed by atoms with Crippen LogP contribution in [-0.4, -0.2) is 50.6 Å². The fourth-order valence-corrected chi connectivity index (χ4v) is 1.80. The van der Waals surface area contributed by atoms with Gasteiger partial charge in [0.1, 0.15) is 5.75 Å². The van der Waals surface area contributed by atoms with Gasteiger partial charge >= 0.3 is 0 Å². The zero-order chi connectivity index (χ0) is 15.1. The molecule has 0 saturated carbocycles. The van der Waals surface area contributed by atoms with Crippen LogP contribution in [0.4, 0.5) is 0 Å². The zero-order valence-corrected chi connectivity index (χ0v) is 13.6. The summed E-state index contributed by atoms with van der Waals surface area (Å²) in [6.45, 7) is 5.72. The summed E-state index contributed by atoms with van der Waals surface area (Å²) in [5.74, 6) is 2.43. The molecule has 112 valence electrons. The summed E-state index contributed by atoms with van der Waals surface area (Å²) in [5, 5.41) is 0. The fraction of sp³-hybridized carbons (Fsp3) is 0.562. The predicted molar refractivity (Wildman–Crippen MR) is 85.3 cm³/mol. The van der Waals surface area contributed by atoms with Gasteiger partial charge in [0.2, 0.25) is 0 Å². The van der Waals surface area contributed by atoms with E-state index >= 15 is 0 Å². The Morgan fingerprint density at radius 2 is 1.60 bits per heavy atom. The minimum Gasteiger partial charge on any atom is -0.493 e. The molecule has 0 aromatic heterocycles. The van der Waals surface area contributed by atoms with Crippen molar-refractivity contribution in [3.63, 3.8) is 0 Å². The summed E-state index contributed by atoms with van der Waals surface area (Å²) >= 11 is 0. The number of guanidine groups is 1. The number of hydrogen-bond donors (Lipinski definition) is 0. The molecule has 20 heavy (non-hydrogen) atoms. The first kappa shape index (κ1) is 16.3. The maximum atomic E-state index is 5.67. The second-order valence-corrected chi connectivity index (χ2v) is 5.75. The van der Waals surface area contributed by atoms with Crippen molar-refractivity contribution in [2.45, 2.75) is 20.4 Å². The molecule has 0 spiro atoms. The molecule has 0 bridgehead atoms. The highest BCUT2D eigenvalue weighted by molar-refractivity contribution is 5.79. The summed E-state index contributed by atoms with van der Waals surface area (Å²) in [5.41, 5.74) is 1.18. The normalized spacial score (nSPS) is 10.3. The van der Waals surface area contributed by atoms with Crippen LogP contribution >= 0.6 is 0 Å². The standard InChI is InChI=1S/C16H27N3O/c1-13(2)12-20-15-9-7-14(8-10-15)11-17-16(18(3)4)19(5)6/h7-10,13H,11-12H2,1-6H3. The number of hydrogen-bond acceptors (Lipinski definition) is 2. The Balaban J connectivity index is 2.63. The van der Waals surface area contributed by atoms with Gasteiger partial charge in [0.25, 0.3) is 0 Å². The first-order valence-corrected chi connectivity index (χ1v) is 7.01. The molecule has 0 N–H and O–H groups in total. The molecule has 4 heteroatoms. The number of rotatable bonds is 5. The Hall–Kier alpha value is -1.71. The molecule has 4 nitrogen and oxygen atoms in total. The number of nitrogens with zero attached hydrogens (tertiary/aromatic N) is 3. The molecular formula is C16H27N3O. The topological polar surface area (TPSA) is 28.1 Å². The molecule has 0 saturated heterocycles. The number of aliphatic imine (C=N–C) groups is 1. The lowest BCUT2D eigenvalue weighted by molar-refractivity contribution is 0.271. The largest absolute Gasteiger partial charge is 0.493 e. The van der Waals surface area contributed by atoms with Crippen LogP contribution in [0.15, 0.2) is 29.3 Å². The summed E-state index contributed by atoms with van der Waals surface area (Å²) in [7, 11) is 8.01. The van der Waals surface area contributed by atoms with E-state index in [1.165, 1.54) is 5.56 Å². The predicted octanol–water partition coefficient (Wildman–Crippen LogP) is 2.70. The average molecular weight is 277 g/mol. The first-order valence-electron chi connectivity index (χ1n) is 7.01. The molecule has 0 unspecified atom stereocenters. The zero-order valence-electron chi connectivity index (χ0n) is 13.6. The summed E-state index contributed by atoms with van der Waals surface area (Å²) in [6.07, 6.45) is 0. The maximum Gasteiger partial charge on any atom is 0.195 e. The second-order valence-electron chi connectivity index (χ2n) is 5.75. The average Bonchev–Trinajstić information content (AvgIpc) is 2.37. The minimum absolute atomic E-state index is 0.544. The van der Waals surface area contributed by atoms with E-state index in [0.29, 0.717) is 12.5 Å². The van der Waals surface area contributed by atoms with Crippen molar-refractivity contribution < 1.29 is 4.74 Å². The lowest BCUT2D eigenvalue weighted by Crippen LogP contribution is -2.35. The van der Waals surface area contributed by atoms with Crippen LogP contribution in [0.25, 0.3) is 0 Å². The van der Waals surface area contributed by atoms with E-state index in [9.17, 15) is 0 Å². The highest BCUT2D eigenvalue weighted by atomic mass is 16.5. The molecular weight excluding hydrogens is 250 g/mol. The molecule has 0 atom stereocenters. The molecule has 0 radical (unpaired) electrons. The van der Waals surface area contributed by atoms with E-state index in [-0.39, 0.29) is 0 Å². The van der Waals surface area contributed by atoms with Gasteiger partial charge in [-0.25, -0.2) is 4.99 Å². The van der Waals surface area contributed by atoms with E-state index in [1.54, 1.807) is 0 Å². The van der Waals surface area contributed by atoms with Gasteiger partial charge in [-0.3, -0.25) is 0 Å². The van der Waals surface area contributed by atoms with Gasteiger partial charge < -0.3 is 14.5 Å². The maximum absolute atomic E-state index is 5.67. The van der Waals surface area contributed by atoms with E-state index < -0.39 is 0 Å². The quantitative estimate of drug-likeness (QED) is 0.612. The molecule has 0 fully saturated rings. The van der Waals surface area contributed by atoms with Gasteiger partial charge in [0.05, 0.1) is 13.2 Å². The van der Waals surface area contributed by atoms with E-state index in [0.717, 1.165) is 18.3 Å². The highest BCUT2D eigenvalue weighted by Gasteiger charge is 2.04. The molecule has 0 aliphatic rings. The number of ether oxygens (including phenoxy) is 1. The molecule has 1 rings (SSSR count). The van der Waals surface area contributed by atoms with Gasteiger partial charge in [-0.15, -0.1) is 0 Å². The molecule has 1 aromatic carbocycles. The van der Waals surface area contributed by atoms with Crippen LogP contribution in [0.5, 0.6) is 5.75 Å². The molecule has 0 aliphatic heterocycles. The molecule has 0 amide bonds. The third-order valence-corrected chi connectivity index (χ3v) is 2.71. The van der Waals surface area contributed by atoms with Crippen molar-refractivity contribution in [2.75, 3.05) is 34.8 Å². The second kappa shape index (κ2) is 7.78. The Bertz CT molecular complexity index is 412. The molecule has 1 aromatic rings. The third kappa shape index (κ3) is 5.51. The van der Waals surface area contributed by atoms with Crippen LogP contribution in [-0.2, 0) is 6.54 Å². The lowest BCUT2D eigenvalue weighted by atomic mass is 10.2. The van der Waals surface area contributed by atoms with Crippen molar-refractivity contribution in [1.29, 1.82) is 0 Å². The highest BCUT2D eigenvalue weighted by Crippen LogP contribution is 2.14. The van der Waals surface area contributed by atoms with Crippen molar-refractivity contribution in [1.82, 2.24) is 9.80 Å². The van der Waals surface area contributed by atoms with Crippen molar-refractivity contribution in [3.8, 4) is 5.75 Å². The van der Waals surface area contributed by atoms with Crippen LogP contribution in [0.3, 0.4) is 0 Å². The summed E-state index contributed by atoms with van der Waals surface area (Å²) in [6, 6.07) is 8.17. The van der Waals surface area contributed by atoms with Crippen LogP contribution < -0.4 is 4.74 Å². The fourth-order valence-electron chi connectivity index (χ4n) is 1.80. The van der Waals surface area contributed by atoms with Crippen LogP contribution in [0.1, 0.15) is 19.4 Å². The monoisotopic (exact) mass is 277 g/mol. The molecule has 0 aliphatic carbocycles. The molecule has 0 heterocycles. The van der Waals surface area contributed by atoms with Gasteiger partial charge in [0.15, 0.2) is 5.96 Å². The Morgan fingerprint density at radius 1 is 1.05 bits per heavy atom. The van der Waals surface area contributed by atoms with Crippen LogP contribution in [0, 0.1) is 5.92 Å². The van der Waals surface area contributed by atoms with Crippen molar-refractivity contribution in [3.05, 3.63) is 29.8 Å². The van der Waals surface area contributed by atoms with Gasteiger partial charge in [0, 0.05) is 28.2 Å². The van der Waals surface area contributed by atoms with E-state index in [1.807, 2.05) is 50.1 Å². The first-order chi connectivity index (χ1) is 9.40. The smallest absolute Gasteiger partial charge is 0.195 e. The SMILES string of the molecule is CC(C)COc1ccc(CN=C(N(C)C)N(C)C)cc1. The van der Waals surface area contributed by atoms with Crippen molar-refractivity contribution >= 4 is 5.96 Å².